The Morgan fingerprint density at radius 3 is 2.35 bits per heavy atom. The summed E-state index contributed by atoms with van der Waals surface area (Å²) >= 11 is 1.71. The summed E-state index contributed by atoms with van der Waals surface area (Å²) in [5, 5.41) is 2.76. The lowest BCUT2D eigenvalue weighted by Crippen LogP contribution is -2.46. The number of carbonyl (C=O) groups excluding carboxylic acids is 3. The fraction of sp³-hybridized carbons (Fsp3) is 0.222. The standard InChI is InChI=1S/C27H25N3O3S/c31-25(17-29-26(32)21(28-27(29)33)16-15-19-9-3-1-4-10-19)30-22-13-7-8-14-24(22)34-18-23(30)20-11-5-2-6-12-20/h1-14,21,23H,15-18H2,(H,28,33)/t21-,23-/m0/s1. The smallest absolute Gasteiger partial charge is 0.325 e. The van der Waals surface area contributed by atoms with Crippen molar-refractivity contribution in [2.45, 2.75) is 29.8 Å². The summed E-state index contributed by atoms with van der Waals surface area (Å²) in [5.74, 6) is 0.0890. The Labute approximate surface area is 202 Å². The molecule has 4 amide bonds. The maximum absolute atomic E-state index is 13.6. The number of nitrogens with one attached hydrogen (secondary N) is 1. The van der Waals surface area contributed by atoms with Crippen LogP contribution in [-0.4, -0.2) is 41.1 Å². The lowest BCUT2D eigenvalue weighted by Gasteiger charge is -2.37. The number of hydrogen-bond acceptors (Lipinski definition) is 4. The van der Waals surface area contributed by atoms with Gasteiger partial charge in [-0.25, -0.2) is 4.79 Å². The van der Waals surface area contributed by atoms with Gasteiger partial charge in [0.2, 0.25) is 5.91 Å². The molecule has 172 valence electrons. The third kappa shape index (κ3) is 4.43. The molecule has 34 heavy (non-hydrogen) atoms. The summed E-state index contributed by atoms with van der Waals surface area (Å²) in [4.78, 5) is 43.1. The fourth-order valence-electron chi connectivity index (χ4n) is 4.51. The molecule has 0 saturated carbocycles. The topological polar surface area (TPSA) is 69.7 Å². The van der Waals surface area contributed by atoms with Crippen LogP contribution in [0, 0.1) is 0 Å². The number of nitrogens with zero attached hydrogens (tertiary/aromatic N) is 2. The second-order valence-electron chi connectivity index (χ2n) is 8.42. The number of hydrogen-bond donors (Lipinski definition) is 1. The lowest BCUT2D eigenvalue weighted by atomic mass is 10.0. The van der Waals surface area contributed by atoms with Crippen molar-refractivity contribution >= 4 is 35.3 Å². The zero-order valence-corrected chi connectivity index (χ0v) is 19.4. The van der Waals surface area contributed by atoms with E-state index < -0.39 is 12.1 Å². The predicted octanol–water partition coefficient (Wildman–Crippen LogP) is 4.42. The number of rotatable bonds is 6. The number of benzene rings is 3. The minimum Gasteiger partial charge on any atom is -0.326 e. The van der Waals surface area contributed by atoms with E-state index in [1.807, 2.05) is 84.9 Å². The largest absolute Gasteiger partial charge is 0.326 e. The molecule has 2 heterocycles. The first-order valence-corrected chi connectivity index (χ1v) is 12.3. The first kappa shape index (κ1) is 22.2. The number of urea groups is 1. The third-order valence-electron chi connectivity index (χ3n) is 6.25. The van der Waals surface area contributed by atoms with Gasteiger partial charge in [0.1, 0.15) is 12.6 Å². The molecular weight excluding hydrogens is 446 g/mol. The van der Waals surface area contributed by atoms with Gasteiger partial charge >= 0.3 is 6.03 Å². The molecule has 2 aliphatic heterocycles. The van der Waals surface area contributed by atoms with E-state index in [1.54, 1.807) is 16.7 Å². The van der Waals surface area contributed by atoms with Crippen LogP contribution < -0.4 is 10.2 Å². The van der Waals surface area contributed by atoms with Crippen LogP contribution in [0.4, 0.5) is 10.5 Å². The second-order valence-corrected chi connectivity index (χ2v) is 9.48. The van der Waals surface area contributed by atoms with Crippen molar-refractivity contribution in [3.05, 3.63) is 96.1 Å². The van der Waals surface area contributed by atoms with Crippen molar-refractivity contribution in [1.29, 1.82) is 0 Å². The van der Waals surface area contributed by atoms with Crippen LogP contribution in [0.15, 0.2) is 89.8 Å². The molecule has 0 radical (unpaired) electrons. The Hall–Kier alpha value is -3.58. The van der Waals surface area contributed by atoms with Gasteiger partial charge in [-0.15, -0.1) is 11.8 Å². The Morgan fingerprint density at radius 1 is 0.912 bits per heavy atom. The molecule has 0 unspecified atom stereocenters. The van der Waals surface area contributed by atoms with Crippen molar-refractivity contribution < 1.29 is 14.4 Å². The average Bonchev–Trinajstić information content (AvgIpc) is 3.15. The van der Waals surface area contributed by atoms with Gasteiger partial charge in [-0.3, -0.25) is 14.5 Å². The molecule has 1 fully saturated rings. The molecule has 2 aliphatic rings. The van der Waals surface area contributed by atoms with E-state index in [9.17, 15) is 14.4 Å². The van der Waals surface area contributed by atoms with Crippen molar-refractivity contribution in [1.82, 2.24) is 10.2 Å². The molecular formula is C27H25N3O3S. The van der Waals surface area contributed by atoms with Crippen molar-refractivity contribution in [3.8, 4) is 0 Å². The van der Waals surface area contributed by atoms with Crippen LogP contribution in [0.5, 0.6) is 0 Å². The second kappa shape index (κ2) is 9.73. The van der Waals surface area contributed by atoms with E-state index in [0.29, 0.717) is 18.6 Å². The summed E-state index contributed by atoms with van der Waals surface area (Å²) in [5.41, 5.74) is 2.94. The quantitative estimate of drug-likeness (QED) is 0.541. The molecule has 1 saturated heterocycles. The van der Waals surface area contributed by atoms with Gasteiger partial charge in [0.25, 0.3) is 5.91 Å². The highest BCUT2D eigenvalue weighted by Crippen LogP contribution is 2.43. The predicted molar refractivity (Wildman–Crippen MR) is 133 cm³/mol. The number of para-hydroxylation sites is 1. The van der Waals surface area contributed by atoms with Crippen LogP contribution in [0.25, 0.3) is 0 Å². The van der Waals surface area contributed by atoms with Crippen molar-refractivity contribution in [3.63, 3.8) is 0 Å². The molecule has 0 spiro atoms. The maximum atomic E-state index is 13.6. The molecule has 1 N–H and O–H groups in total. The third-order valence-corrected chi connectivity index (χ3v) is 7.39. The molecule has 7 heteroatoms. The van der Waals surface area contributed by atoms with Gasteiger partial charge in [0.05, 0.1) is 11.7 Å². The highest BCUT2D eigenvalue weighted by Gasteiger charge is 2.41. The van der Waals surface area contributed by atoms with Gasteiger partial charge in [0.15, 0.2) is 0 Å². The molecule has 0 bridgehead atoms. The Bertz CT molecular complexity index is 1200. The molecule has 3 aromatic carbocycles. The highest BCUT2D eigenvalue weighted by molar-refractivity contribution is 7.99. The number of carbonyl (C=O) groups is 3. The van der Waals surface area contributed by atoms with Gasteiger partial charge < -0.3 is 10.2 Å². The number of aryl methyl sites for hydroxylation is 1. The molecule has 3 aromatic rings. The maximum Gasteiger partial charge on any atom is 0.325 e. The molecule has 0 aromatic heterocycles. The summed E-state index contributed by atoms with van der Waals surface area (Å²) < 4.78 is 0. The van der Waals surface area contributed by atoms with E-state index in [4.69, 9.17) is 0 Å². The van der Waals surface area contributed by atoms with Gasteiger partial charge in [-0.05, 0) is 36.1 Å². The van der Waals surface area contributed by atoms with E-state index in [1.165, 1.54) is 0 Å². The first-order valence-electron chi connectivity index (χ1n) is 11.4. The van der Waals surface area contributed by atoms with Crippen LogP contribution in [-0.2, 0) is 16.0 Å². The normalized spacial score (nSPS) is 19.6. The zero-order valence-electron chi connectivity index (χ0n) is 18.6. The number of imide groups is 1. The van der Waals surface area contributed by atoms with Crippen LogP contribution >= 0.6 is 11.8 Å². The van der Waals surface area contributed by atoms with Gasteiger partial charge in [0, 0.05) is 10.6 Å². The fourth-order valence-corrected chi connectivity index (χ4v) is 5.68. The van der Waals surface area contributed by atoms with Crippen LogP contribution in [0.1, 0.15) is 23.6 Å². The minimum atomic E-state index is -0.616. The van der Waals surface area contributed by atoms with E-state index in [2.05, 4.69) is 5.32 Å². The van der Waals surface area contributed by atoms with Crippen molar-refractivity contribution in [2.75, 3.05) is 17.2 Å². The average molecular weight is 472 g/mol. The number of anilines is 1. The van der Waals surface area contributed by atoms with Crippen LogP contribution in [0.2, 0.25) is 0 Å². The summed E-state index contributed by atoms with van der Waals surface area (Å²) in [6, 6.07) is 26.2. The number of thioether (sulfide) groups is 1. The summed E-state index contributed by atoms with van der Waals surface area (Å²) in [7, 11) is 0. The minimum absolute atomic E-state index is 0.178. The van der Waals surface area contributed by atoms with E-state index in [-0.39, 0.29) is 24.4 Å². The van der Waals surface area contributed by atoms with E-state index >= 15 is 0 Å². The highest BCUT2D eigenvalue weighted by atomic mass is 32.2. The van der Waals surface area contributed by atoms with Gasteiger partial charge in [-0.2, -0.15) is 0 Å². The summed E-state index contributed by atoms with van der Waals surface area (Å²) in [6.45, 7) is -0.283. The molecule has 5 rings (SSSR count). The van der Waals surface area contributed by atoms with E-state index in [0.717, 1.165) is 26.6 Å². The Kier molecular flexibility index (Phi) is 6.36. The molecule has 0 aliphatic carbocycles. The molecule has 2 atom stereocenters. The monoisotopic (exact) mass is 471 g/mol. The van der Waals surface area contributed by atoms with Crippen LogP contribution in [0.3, 0.4) is 0 Å². The Balaban J connectivity index is 1.34. The lowest BCUT2D eigenvalue weighted by molar-refractivity contribution is -0.131. The number of amides is 4. The SMILES string of the molecule is O=C1N[C@@H](CCc2ccccc2)C(=O)N1CC(=O)N1c2ccccc2SC[C@H]1c1ccccc1. The summed E-state index contributed by atoms with van der Waals surface area (Å²) in [6.07, 6.45) is 1.17. The first-order chi connectivity index (χ1) is 16.6. The number of fused-ring (bicyclic) bond motifs is 1. The zero-order chi connectivity index (χ0) is 23.5. The molecule has 6 nitrogen and oxygen atoms in total. The van der Waals surface area contributed by atoms with Gasteiger partial charge in [-0.1, -0.05) is 72.8 Å². The van der Waals surface area contributed by atoms with Crippen molar-refractivity contribution in [2.24, 2.45) is 0 Å². The Morgan fingerprint density at radius 2 is 1.59 bits per heavy atom.